The molecule has 2 atom stereocenters. The van der Waals surface area contributed by atoms with Crippen LogP contribution in [0, 0.1) is 0 Å². The first kappa shape index (κ1) is 29.3. The number of hydrogen-bond donors (Lipinski definition) is 4. The topological polar surface area (TPSA) is 175 Å². The maximum absolute atomic E-state index is 14.5. The van der Waals surface area contributed by atoms with Crippen molar-refractivity contribution in [3.05, 3.63) is 47.2 Å². The molecule has 0 aliphatic rings. The average Bonchev–Trinajstić information content (AvgIpc) is 3.26. The van der Waals surface area contributed by atoms with Crippen LogP contribution in [0.5, 0.6) is 0 Å². The van der Waals surface area contributed by atoms with E-state index in [0.717, 1.165) is 35.8 Å². The Kier molecular flexibility index (Phi) is 9.80. The van der Waals surface area contributed by atoms with Crippen molar-refractivity contribution >= 4 is 40.6 Å². The van der Waals surface area contributed by atoms with Crippen molar-refractivity contribution in [3.63, 3.8) is 0 Å². The lowest BCUT2D eigenvalue weighted by molar-refractivity contribution is -0.155. The van der Waals surface area contributed by atoms with E-state index in [1.165, 1.54) is 0 Å². The molecule has 11 nitrogen and oxygen atoms in total. The van der Waals surface area contributed by atoms with E-state index < -0.39 is 48.7 Å². The number of carbonyl (C=O) groups is 3. The quantitative estimate of drug-likeness (QED) is 0.251. The number of anilines is 2. The Morgan fingerprint density at radius 3 is 2.26 bits per heavy atom. The number of nitrogens with zero attached hydrogens (tertiary/aromatic N) is 2. The molecule has 39 heavy (non-hydrogen) atoms. The van der Waals surface area contributed by atoms with Gasteiger partial charge in [-0.2, -0.15) is 9.97 Å². The molecule has 0 radical (unpaired) electrons. The fourth-order valence-electron chi connectivity index (χ4n) is 4.03. The summed E-state index contributed by atoms with van der Waals surface area (Å²) >= 11 is 0. The van der Waals surface area contributed by atoms with E-state index in [-0.39, 0.29) is 11.5 Å². The number of aryl methyl sites for hydroxylation is 2. The van der Waals surface area contributed by atoms with Gasteiger partial charge in [-0.1, -0.05) is 12.1 Å². The highest BCUT2D eigenvalue weighted by Gasteiger charge is 2.31. The number of nitrogens with two attached hydrogens (primary N) is 2. The van der Waals surface area contributed by atoms with E-state index >= 15 is 0 Å². The number of benzene rings is 1. The Bertz CT molecular complexity index is 1310. The number of fused-ring (bicyclic) bond motifs is 1. The van der Waals surface area contributed by atoms with Gasteiger partial charge in [-0.15, -0.1) is 0 Å². The Labute approximate surface area is 225 Å². The second-order valence-electron chi connectivity index (χ2n) is 9.76. The number of nitrogen functional groups attached to an aromatic ring is 2. The fraction of sp³-hybridized carbons (Fsp3) is 0.444. The lowest BCUT2D eigenvalue weighted by Gasteiger charge is -2.21. The molecule has 0 bridgehead atoms. The summed E-state index contributed by atoms with van der Waals surface area (Å²) < 4.78 is 24.5. The monoisotopic (exact) mass is 542 g/mol. The summed E-state index contributed by atoms with van der Waals surface area (Å²) in [4.78, 5) is 48.5. The summed E-state index contributed by atoms with van der Waals surface area (Å²) in [6.07, 6.45) is 0.400. The number of esters is 2. The number of carbonyl (C=O) groups excluding carboxylic acids is 3. The molecule has 0 fully saturated rings. The van der Waals surface area contributed by atoms with Gasteiger partial charge in [0.25, 0.3) is 5.91 Å². The highest BCUT2D eigenvalue weighted by atomic mass is 19.1. The second kappa shape index (κ2) is 13.0. The van der Waals surface area contributed by atoms with Crippen LogP contribution in [0.1, 0.15) is 62.0 Å². The third kappa shape index (κ3) is 8.13. The van der Waals surface area contributed by atoms with Crippen LogP contribution in [-0.4, -0.2) is 57.2 Å². The fourth-order valence-corrected chi connectivity index (χ4v) is 4.03. The van der Waals surface area contributed by atoms with Crippen molar-refractivity contribution in [2.75, 3.05) is 11.5 Å². The van der Waals surface area contributed by atoms with Crippen LogP contribution in [0.15, 0.2) is 30.5 Å². The Hall–Kier alpha value is -4.22. The van der Waals surface area contributed by atoms with Crippen LogP contribution in [0.25, 0.3) is 11.0 Å². The molecular formula is C27H35FN6O5. The van der Waals surface area contributed by atoms with E-state index in [9.17, 15) is 18.8 Å². The first-order valence-electron chi connectivity index (χ1n) is 12.8. The van der Waals surface area contributed by atoms with Gasteiger partial charge in [-0.25, -0.2) is 14.0 Å². The van der Waals surface area contributed by atoms with Crippen LogP contribution >= 0.6 is 0 Å². The van der Waals surface area contributed by atoms with Gasteiger partial charge in [0.1, 0.15) is 17.5 Å². The van der Waals surface area contributed by atoms with E-state index in [2.05, 4.69) is 20.3 Å². The Balaban J connectivity index is 1.60. The van der Waals surface area contributed by atoms with Crippen LogP contribution in [-0.2, 0) is 31.9 Å². The van der Waals surface area contributed by atoms with Gasteiger partial charge < -0.3 is 31.2 Å². The van der Waals surface area contributed by atoms with Crippen LogP contribution in [0.4, 0.5) is 16.2 Å². The van der Waals surface area contributed by atoms with Crippen molar-refractivity contribution < 1.29 is 28.2 Å². The number of hydrogen-bond acceptors (Lipinski definition) is 9. The summed E-state index contributed by atoms with van der Waals surface area (Å²) in [5.41, 5.74) is 14.5. The highest BCUT2D eigenvalue weighted by molar-refractivity contribution is 5.97. The zero-order valence-corrected chi connectivity index (χ0v) is 22.5. The molecule has 1 amide bonds. The Morgan fingerprint density at radius 1 is 0.974 bits per heavy atom. The first-order chi connectivity index (χ1) is 18.4. The Morgan fingerprint density at radius 2 is 1.62 bits per heavy atom. The largest absolute Gasteiger partial charge is 0.461 e. The average molecular weight is 543 g/mol. The summed E-state index contributed by atoms with van der Waals surface area (Å²) in [6, 6.07) is 5.49. The number of aromatic nitrogens is 3. The van der Waals surface area contributed by atoms with Gasteiger partial charge in [-0.05, 0) is 70.2 Å². The molecule has 0 spiro atoms. The molecule has 0 aliphatic carbocycles. The van der Waals surface area contributed by atoms with Gasteiger partial charge in [0, 0.05) is 18.2 Å². The summed E-state index contributed by atoms with van der Waals surface area (Å²) in [5.74, 6) is -2.08. The van der Waals surface area contributed by atoms with Crippen molar-refractivity contribution in [1.82, 2.24) is 20.3 Å². The van der Waals surface area contributed by atoms with E-state index in [1.807, 2.05) is 18.3 Å². The number of aromatic amines is 1. The lowest BCUT2D eigenvalue weighted by Crippen LogP contribution is -2.45. The molecule has 2 aromatic heterocycles. The van der Waals surface area contributed by atoms with Gasteiger partial charge in [0.2, 0.25) is 5.95 Å². The van der Waals surface area contributed by atoms with Gasteiger partial charge in [0.15, 0.2) is 6.17 Å². The number of rotatable bonds is 12. The molecular weight excluding hydrogens is 507 g/mol. The van der Waals surface area contributed by atoms with Crippen LogP contribution in [0.3, 0.4) is 0 Å². The summed E-state index contributed by atoms with van der Waals surface area (Å²) in [6.45, 7) is 6.44. The van der Waals surface area contributed by atoms with Crippen molar-refractivity contribution in [2.24, 2.45) is 0 Å². The van der Waals surface area contributed by atoms with Crippen molar-refractivity contribution in [3.8, 4) is 0 Å². The second-order valence-corrected chi connectivity index (χ2v) is 9.76. The normalized spacial score (nSPS) is 12.9. The highest BCUT2D eigenvalue weighted by Crippen LogP contribution is 2.24. The predicted octanol–water partition coefficient (Wildman–Crippen LogP) is 3.03. The van der Waals surface area contributed by atoms with E-state index in [0.29, 0.717) is 11.5 Å². The number of nitrogens with one attached hydrogen (secondary N) is 2. The maximum Gasteiger partial charge on any atom is 0.341 e. The maximum atomic E-state index is 14.5. The number of H-pyrrole nitrogens is 1. The zero-order chi connectivity index (χ0) is 28.7. The molecule has 3 aromatic rings. The van der Waals surface area contributed by atoms with Gasteiger partial charge >= 0.3 is 11.9 Å². The molecule has 1 aromatic carbocycles. The lowest BCUT2D eigenvalue weighted by atomic mass is 10.0. The molecule has 2 heterocycles. The zero-order valence-electron chi connectivity index (χ0n) is 22.5. The van der Waals surface area contributed by atoms with E-state index in [1.54, 1.807) is 39.8 Å². The SMILES string of the molecule is CC(C)OC(=O)[C@H](F)C[C@H](NC(=O)c1ccc(CCCc2c[nH]c3nc(N)nc(N)c23)cc1)C(=O)OC(C)C. The van der Waals surface area contributed by atoms with Crippen LogP contribution < -0.4 is 16.8 Å². The molecule has 210 valence electrons. The molecule has 12 heteroatoms. The minimum absolute atomic E-state index is 0.110. The number of ether oxygens (including phenoxy) is 2. The first-order valence-corrected chi connectivity index (χ1v) is 12.8. The molecule has 0 saturated carbocycles. The minimum atomic E-state index is -2.10. The number of halogens is 1. The van der Waals surface area contributed by atoms with Crippen LogP contribution in [0.2, 0.25) is 0 Å². The summed E-state index contributed by atoms with van der Waals surface area (Å²) in [7, 11) is 0. The smallest absolute Gasteiger partial charge is 0.341 e. The van der Waals surface area contributed by atoms with E-state index in [4.69, 9.17) is 20.9 Å². The van der Waals surface area contributed by atoms with Crippen molar-refractivity contribution in [2.45, 2.75) is 77.8 Å². The number of alkyl halides is 1. The van der Waals surface area contributed by atoms with Gasteiger partial charge in [-0.3, -0.25) is 4.79 Å². The summed E-state index contributed by atoms with van der Waals surface area (Å²) in [5, 5.41) is 3.25. The standard InChI is InChI=1S/C27H35FN6O5/c1-14(2)38-25(36)19(28)12-20(26(37)39-15(3)4)32-24(35)17-10-8-16(9-11-17)6-5-7-18-13-31-23-21(18)22(29)33-27(30)34-23/h8-11,13-15,19-20H,5-7,12H2,1-4H3,(H,32,35)(H5,29,30,31,33,34)/t19-,20+/m1/s1. The molecule has 0 unspecified atom stereocenters. The molecule has 0 saturated heterocycles. The van der Waals surface area contributed by atoms with Crippen molar-refractivity contribution in [1.29, 1.82) is 0 Å². The molecule has 0 aliphatic heterocycles. The molecule has 3 rings (SSSR count). The molecule has 6 N–H and O–H groups in total. The third-order valence-corrected chi connectivity index (χ3v) is 5.78. The number of amides is 1. The van der Waals surface area contributed by atoms with Gasteiger partial charge in [0.05, 0.1) is 17.6 Å². The predicted molar refractivity (Wildman–Crippen MR) is 144 cm³/mol. The third-order valence-electron chi connectivity index (χ3n) is 5.78. The minimum Gasteiger partial charge on any atom is -0.461 e.